The van der Waals surface area contributed by atoms with E-state index in [9.17, 15) is 9.90 Å². The van der Waals surface area contributed by atoms with Gasteiger partial charge in [-0.05, 0) is 31.5 Å². The molecule has 0 rings (SSSR count). The van der Waals surface area contributed by atoms with Crippen molar-refractivity contribution in [1.29, 1.82) is 0 Å². The molecular formula is C17H35BrO4Si. The highest BCUT2D eigenvalue weighted by Gasteiger charge is 2.41. The molecule has 23 heavy (non-hydrogen) atoms. The van der Waals surface area contributed by atoms with Gasteiger partial charge in [-0.25, -0.2) is 0 Å². The summed E-state index contributed by atoms with van der Waals surface area (Å²) >= 11 is 3.24. The van der Waals surface area contributed by atoms with Crippen LogP contribution in [0.4, 0.5) is 0 Å². The Kier molecular flexibility index (Phi) is 9.58. The number of carbonyl (C=O) groups excluding carboxylic acids is 1. The number of ether oxygens (including phenoxy) is 1. The minimum atomic E-state index is -1.89. The lowest BCUT2D eigenvalue weighted by Gasteiger charge is -2.42. The van der Waals surface area contributed by atoms with Gasteiger partial charge in [0.15, 0.2) is 8.32 Å². The predicted molar refractivity (Wildman–Crippen MR) is 101 cm³/mol. The molecule has 0 fully saturated rings. The molecule has 0 aliphatic carbocycles. The van der Waals surface area contributed by atoms with Crippen LogP contribution in [0.25, 0.3) is 0 Å². The zero-order valence-electron chi connectivity index (χ0n) is 16.0. The molecule has 0 aliphatic rings. The van der Waals surface area contributed by atoms with Gasteiger partial charge >= 0.3 is 5.97 Å². The van der Waals surface area contributed by atoms with E-state index < -0.39 is 8.32 Å². The average molecular weight is 411 g/mol. The van der Waals surface area contributed by atoms with Crippen molar-refractivity contribution < 1.29 is 19.1 Å². The van der Waals surface area contributed by atoms with E-state index >= 15 is 0 Å². The van der Waals surface area contributed by atoms with E-state index in [1.165, 1.54) is 0 Å². The number of esters is 1. The third-order valence-corrected chi connectivity index (χ3v) is 9.71. The van der Waals surface area contributed by atoms with E-state index in [2.05, 4.69) is 56.7 Å². The maximum atomic E-state index is 11.9. The highest BCUT2D eigenvalue weighted by atomic mass is 79.9. The van der Waals surface area contributed by atoms with Gasteiger partial charge in [-0.1, -0.05) is 50.5 Å². The lowest BCUT2D eigenvalue weighted by Crippen LogP contribution is -2.47. The Hall–Kier alpha value is 0.0869. The van der Waals surface area contributed by atoms with Crippen LogP contribution in [-0.2, 0) is 14.0 Å². The summed E-state index contributed by atoms with van der Waals surface area (Å²) in [5.74, 6) is -0.256. The second-order valence-electron chi connectivity index (χ2n) is 7.79. The molecule has 6 heteroatoms. The lowest BCUT2D eigenvalue weighted by molar-refractivity contribution is -0.153. The fourth-order valence-corrected chi connectivity index (χ4v) is 3.76. The number of carbonyl (C=O) groups is 1. The van der Waals surface area contributed by atoms with E-state index in [4.69, 9.17) is 9.16 Å². The Morgan fingerprint density at radius 1 is 1.22 bits per heavy atom. The number of hydrogen-bond donors (Lipinski definition) is 1. The van der Waals surface area contributed by atoms with Crippen LogP contribution in [0.1, 0.15) is 54.4 Å². The van der Waals surface area contributed by atoms with Crippen molar-refractivity contribution >= 4 is 30.2 Å². The minimum absolute atomic E-state index is 0.00448. The third-order valence-electron chi connectivity index (χ3n) is 4.83. The summed E-state index contributed by atoms with van der Waals surface area (Å²) in [6.07, 6.45) is 0.981. The van der Waals surface area contributed by atoms with Gasteiger partial charge in [0.05, 0.1) is 6.10 Å². The van der Waals surface area contributed by atoms with Crippen molar-refractivity contribution in [1.82, 2.24) is 0 Å². The number of halogens is 1. The first-order valence-electron chi connectivity index (χ1n) is 8.50. The van der Waals surface area contributed by atoms with Crippen molar-refractivity contribution in [3.05, 3.63) is 0 Å². The molecule has 1 unspecified atom stereocenters. The topological polar surface area (TPSA) is 55.8 Å². The quantitative estimate of drug-likeness (QED) is 0.345. The Balaban J connectivity index is 5.13. The zero-order chi connectivity index (χ0) is 18.4. The number of hydrogen-bond acceptors (Lipinski definition) is 4. The lowest BCUT2D eigenvalue weighted by atomic mass is 9.94. The molecule has 0 spiro atoms. The van der Waals surface area contributed by atoms with Gasteiger partial charge in [0.2, 0.25) is 0 Å². The standard InChI is InChI=1S/C17H35BrO4Si/c1-9-14(22-23(7,8)17(4,5)6)12(2)15(10-11-19)21-16(20)13(3)18/h12-15,19H,9-11H2,1-8H3/t12-,13?,14+,15-/m0/s1. The van der Waals surface area contributed by atoms with E-state index in [-0.39, 0.29) is 40.6 Å². The van der Waals surface area contributed by atoms with Crippen LogP contribution in [0.3, 0.4) is 0 Å². The highest BCUT2D eigenvalue weighted by molar-refractivity contribution is 9.10. The molecule has 0 amide bonds. The summed E-state index contributed by atoms with van der Waals surface area (Å²) in [7, 11) is -1.89. The molecule has 0 heterocycles. The second kappa shape index (κ2) is 9.54. The molecule has 0 radical (unpaired) electrons. The molecule has 0 saturated carbocycles. The van der Waals surface area contributed by atoms with E-state index in [0.717, 1.165) is 6.42 Å². The maximum absolute atomic E-state index is 11.9. The van der Waals surface area contributed by atoms with E-state index in [0.29, 0.717) is 6.42 Å². The zero-order valence-corrected chi connectivity index (χ0v) is 18.6. The van der Waals surface area contributed by atoms with Gasteiger partial charge in [-0.3, -0.25) is 4.79 Å². The highest BCUT2D eigenvalue weighted by Crippen LogP contribution is 2.39. The summed E-state index contributed by atoms with van der Waals surface area (Å²) in [6.45, 7) is 17.0. The summed E-state index contributed by atoms with van der Waals surface area (Å²) in [4.78, 5) is 11.6. The average Bonchev–Trinajstić information content (AvgIpc) is 2.42. The first-order chi connectivity index (χ1) is 10.4. The van der Waals surface area contributed by atoms with Crippen LogP contribution < -0.4 is 0 Å². The normalized spacial score (nSPS) is 18.2. The number of aliphatic hydroxyl groups is 1. The molecule has 0 aromatic carbocycles. The van der Waals surface area contributed by atoms with Gasteiger partial charge in [0, 0.05) is 18.9 Å². The monoisotopic (exact) mass is 410 g/mol. The molecule has 0 aromatic heterocycles. The summed E-state index contributed by atoms with van der Waals surface area (Å²) in [6, 6.07) is 0. The van der Waals surface area contributed by atoms with Crippen molar-refractivity contribution in [2.24, 2.45) is 5.92 Å². The van der Waals surface area contributed by atoms with Crippen LogP contribution in [0.5, 0.6) is 0 Å². The molecule has 0 saturated heterocycles. The molecular weight excluding hydrogens is 376 g/mol. The van der Waals surface area contributed by atoms with E-state index in [1.54, 1.807) is 6.92 Å². The molecule has 4 atom stereocenters. The molecule has 138 valence electrons. The van der Waals surface area contributed by atoms with Gasteiger partial charge in [0.1, 0.15) is 10.9 Å². The summed E-state index contributed by atoms with van der Waals surface area (Å²) < 4.78 is 12.1. The molecule has 1 N–H and O–H groups in total. The van der Waals surface area contributed by atoms with Crippen LogP contribution >= 0.6 is 15.9 Å². The molecule has 4 nitrogen and oxygen atoms in total. The minimum Gasteiger partial charge on any atom is -0.461 e. The molecule has 0 aliphatic heterocycles. The number of alkyl halides is 1. The SMILES string of the molecule is CC[C@@H](O[Si](C)(C)C(C)(C)C)[C@H](C)[C@H](CCO)OC(=O)C(C)Br. The number of aliphatic hydroxyl groups excluding tert-OH is 1. The maximum Gasteiger partial charge on any atom is 0.319 e. The summed E-state index contributed by atoms with van der Waals surface area (Å²) in [5.41, 5.74) is 0. The largest absolute Gasteiger partial charge is 0.461 e. The van der Waals surface area contributed by atoms with Crippen molar-refractivity contribution in [2.45, 2.75) is 89.6 Å². The first-order valence-corrected chi connectivity index (χ1v) is 12.3. The van der Waals surface area contributed by atoms with Gasteiger partial charge in [-0.15, -0.1) is 0 Å². The van der Waals surface area contributed by atoms with Crippen LogP contribution in [-0.4, -0.2) is 43.0 Å². The van der Waals surface area contributed by atoms with Crippen molar-refractivity contribution in [3.63, 3.8) is 0 Å². The van der Waals surface area contributed by atoms with E-state index in [1.807, 2.05) is 6.92 Å². The fourth-order valence-electron chi connectivity index (χ4n) is 2.16. The van der Waals surface area contributed by atoms with Gasteiger partial charge in [-0.2, -0.15) is 0 Å². The Morgan fingerprint density at radius 3 is 2.09 bits per heavy atom. The van der Waals surface area contributed by atoms with Crippen molar-refractivity contribution in [3.8, 4) is 0 Å². The molecule has 0 bridgehead atoms. The predicted octanol–water partition coefficient (Wildman–Crippen LogP) is 4.50. The van der Waals surface area contributed by atoms with Gasteiger partial charge < -0.3 is 14.3 Å². The fraction of sp³-hybridized carbons (Fsp3) is 0.941. The van der Waals surface area contributed by atoms with Crippen LogP contribution in [0, 0.1) is 5.92 Å². The Labute approximate surface area is 151 Å². The Bertz CT molecular complexity index is 366. The smallest absolute Gasteiger partial charge is 0.319 e. The van der Waals surface area contributed by atoms with Crippen LogP contribution in [0.15, 0.2) is 0 Å². The third kappa shape index (κ3) is 7.24. The molecule has 0 aromatic rings. The Morgan fingerprint density at radius 2 is 1.74 bits per heavy atom. The second-order valence-corrected chi connectivity index (χ2v) is 13.9. The van der Waals surface area contributed by atoms with Gasteiger partial charge in [0.25, 0.3) is 0 Å². The first kappa shape index (κ1) is 23.1. The number of rotatable bonds is 9. The summed E-state index contributed by atoms with van der Waals surface area (Å²) in [5, 5.41) is 9.45. The van der Waals surface area contributed by atoms with Crippen molar-refractivity contribution in [2.75, 3.05) is 6.61 Å². The van der Waals surface area contributed by atoms with Crippen LogP contribution in [0.2, 0.25) is 18.1 Å².